The van der Waals surface area contributed by atoms with E-state index >= 15 is 0 Å². The molecule has 1 amide bonds. The molecule has 6 heteroatoms. The minimum atomic E-state index is -0.819. The van der Waals surface area contributed by atoms with Crippen LogP contribution in [0.2, 0.25) is 0 Å². The monoisotopic (exact) mass is 296 g/mol. The number of rotatable bonds is 4. The van der Waals surface area contributed by atoms with E-state index in [1.165, 1.54) is 11.3 Å². The molecule has 0 saturated carbocycles. The van der Waals surface area contributed by atoms with Gasteiger partial charge < -0.3 is 10.0 Å². The number of hydrogen-bond acceptors (Lipinski definition) is 4. The van der Waals surface area contributed by atoms with Crippen LogP contribution in [0.15, 0.2) is 0 Å². The van der Waals surface area contributed by atoms with Crippen molar-refractivity contribution in [2.45, 2.75) is 33.6 Å². The van der Waals surface area contributed by atoms with E-state index in [9.17, 15) is 9.59 Å². The summed E-state index contributed by atoms with van der Waals surface area (Å²) in [6.45, 7) is 6.62. The van der Waals surface area contributed by atoms with Gasteiger partial charge in [-0.2, -0.15) is 0 Å². The number of likely N-dealkylation sites (tertiary alicyclic amines) is 1. The second-order valence-corrected chi connectivity index (χ2v) is 6.49. The van der Waals surface area contributed by atoms with Crippen molar-refractivity contribution in [2.75, 3.05) is 13.1 Å². The number of thiazole rings is 1. The van der Waals surface area contributed by atoms with Crippen LogP contribution in [-0.2, 0) is 11.2 Å². The Labute approximate surface area is 122 Å². The minimum absolute atomic E-state index is 0.000195. The average molecular weight is 296 g/mol. The van der Waals surface area contributed by atoms with Crippen LogP contribution in [-0.4, -0.2) is 40.0 Å². The highest BCUT2D eigenvalue weighted by molar-refractivity contribution is 7.13. The van der Waals surface area contributed by atoms with E-state index in [4.69, 9.17) is 5.11 Å². The topological polar surface area (TPSA) is 70.5 Å². The minimum Gasteiger partial charge on any atom is -0.481 e. The quantitative estimate of drug-likeness (QED) is 0.924. The van der Waals surface area contributed by atoms with Gasteiger partial charge in [-0.1, -0.05) is 13.8 Å². The van der Waals surface area contributed by atoms with E-state index in [0.29, 0.717) is 18.0 Å². The number of carbonyl (C=O) groups is 2. The number of aryl methyl sites for hydroxylation is 2. The van der Waals surface area contributed by atoms with Gasteiger partial charge in [0.2, 0.25) is 0 Å². The predicted molar refractivity (Wildman–Crippen MR) is 77.0 cm³/mol. The molecule has 1 aliphatic rings. The lowest BCUT2D eigenvalue weighted by atomic mass is 9.99. The van der Waals surface area contributed by atoms with Crippen molar-refractivity contribution in [3.63, 3.8) is 0 Å². The van der Waals surface area contributed by atoms with Gasteiger partial charge in [0.1, 0.15) is 4.88 Å². The summed E-state index contributed by atoms with van der Waals surface area (Å²) >= 11 is 1.44. The molecule has 1 aromatic heterocycles. The molecule has 1 aliphatic heterocycles. The molecule has 0 aliphatic carbocycles. The summed E-state index contributed by atoms with van der Waals surface area (Å²) in [4.78, 5) is 30.4. The summed E-state index contributed by atoms with van der Waals surface area (Å²) in [5.74, 6) is -1.35. The SMILES string of the molecule is CCCc1nc(C)c(C(=O)N2C[C@@H](C)[C@H](C(=O)O)C2)s1. The molecule has 1 fully saturated rings. The van der Waals surface area contributed by atoms with Gasteiger partial charge in [-0.25, -0.2) is 4.98 Å². The van der Waals surface area contributed by atoms with Gasteiger partial charge in [0.25, 0.3) is 5.91 Å². The summed E-state index contributed by atoms with van der Waals surface area (Å²) < 4.78 is 0. The van der Waals surface area contributed by atoms with Crippen LogP contribution in [0.25, 0.3) is 0 Å². The number of carbonyl (C=O) groups excluding carboxylic acids is 1. The van der Waals surface area contributed by atoms with E-state index in [1.54, 1.807) is 4.90 Å². The zero-order valence-electron chi connectivity index (χ0n) is 12.0. The Morgan fingerprint density at radius 1 is 1.45 bits per heavy atom. The molecule has 2 rings (SSSR count). The van der Waals surface area contributed by atoms with Gasteiger partial charge in [0.05, 0.1) is 16.6 Å². The molecule has 1 N–H and O–H groups in total. The highest BCUT2D eigenvalue weighted by atomic mass is 32.1. The molecule has 110 valence electrons. The fraction of sp³-hybridized carbons (Fsp3) is 0.643. The predicted octanol–water partition coefficient (Wildman–Crippen LogP) is 2.20. The van der Waals surface area contributed by atoms with Gasteiger partial charge in [-0.3, -0.25) is 9.59 Å². The second-order valence-electron chi connectivity index (χ2n) is 5.40. The van der Waals surface area contributed by atoms with E-state index in [1.807, 2.05) is 13.8 Å². The molecular formula is C14H20N2O3S. The Kier molecular flexibility index (Phi) is 4.42. The second kappa shape index (κ2) is 5.91. The van der Waals surface area contributed by atoms with E-state index in [2.05, 4.69) is 11.9 Å². The summed E-state index contributed by atoms with van der Waals surface area (Å²) in [5.41, 5.74) is 0.759. The third-order valence-corrected chi connectivity index (χ3v) is 4.92. The molecule has 1 saturated heterocycles. The zero-order chi connectivity index (χ0) is 14.9. The maximum absolute atomic E-state index is 12.5. The van der Waals surface area contributed by atoms with Crippen molar-refractivity contribution in [3.05, 3.63) is 15.6 Å². The smallest absolute Gasteiger partial charge is 0.308 e. The van der Waals surface area contributed by atoms with Crippen LogP contribution in [0.4, 0.5) is 0 Å². The average Bonchev–Trinajstić information content (AvgIpc) is 2.92. The zero-order valence-corrected chi connectivity index (χ0v) is 12.9. The number of hydrogen-bond donors (Lipinski definition) is 1. The van der Waals surface area contributed by atoms with Crippen molar-refractivity contribution < 1.29 is 14.7 Å². The lowest BCUT2D eigenvalue weighted by Gasteiger charge is -2.14. The molecule has 5 nitrogen and oxygen atoms in total. The van der Waals surface area contributed by atoms with Crippen LogP contribution in [0.5, 0.6) is 0 Å². The Bertz CT molecular complexity index is 526. The first-order valence-corrected chi connectivity index (χ1v) is 7.74. The first-order chi connectivity index (χ1) is 9.43. The fourth-order valence-corrected chi connectivity index (χ4v) is 3.70. The molecule has 2 atom stereocenters. The maximum Gasteiger partial charge on any atom is 0.308 e. The lowest BCUT2D eigenvalue weighted by Crippen LogP contribution is -2.29. The van der Waals surface area contributed by atoms with Gasteiger partial charge in [0, 0.05) is 13.1 Å². The molecule has 20 heavy (non-hydrogen) atoms. The van der Waals surface area contributed by atoms with Gasteiger partial charge in [0.15, 0.2) is 0 Å². The van der Waals surface area contributed by atoms with Gasteiger partial charge >= 0.3 is 5.97 Å². The summed E-state index contributed by atoms with van der Waals surface area (Å²) in [5, 5.41) is 10.1. The van der Waals surface area contributed by atoms with Crippen LogP contribution >= 0.6 is 11.3 Å². The number of amides is 1. The third-order valence-electron chi connectivity index (χ3n) is 3.72. The summed E-state index contributed by atoms with van der Waals surface area (Å²) in [6.07, 6.45) is 1.88. The number of carboxylic acid groups (broad SMARTS) is 1. The van der Waals surface area contributed by atoms with E-state index < -0.39 is 11.9 Å². The van der Waals surface area contributed by atoms with Crippen LogP contribution < -0.4 is 0 Å². The molecule has 2 heterocycles. The Balaban J connectivity index is 2.14. The first-order valence-electron chi connectivity index (χ1n) is 6.92. The molecule has 0 bridgehead atoms. The molecule has 0 spiro atoms. The van der Waals surface area contributed by atoms with Crippen molar-refractivity contribution in [1.82, 2.24) is 9.88 Å². The molecule has 1 aromatic rings. The van der Waals surface area contributed by atoms with Crippen LogP contribution in [0.3, 0.4) is 0 Å². The van der Waals surface area contributed by atoms with Crippen molar-refractivity contribution in [2.24, 2.45) is 11.8 Å². The number of carboxylic acids is 1. The van der Waals surface area contributed by atoms with Crippen LogP contribution in [0.1, 0.15) is 40.6 Å². The normalized spacial score (nSPS) is 22.2. The number of aliphatic carboxylic acids is 1. The molecule has 0 radical (unpaired) electrons. The molecular weight excluding hydrogens is 276 g/mol. The Morgan fingerprint density at radius 2 is 2.15 bits per heavy atom. The van der Waals surface area contributed by atoms with Crippen molar-refractivity contribution >= 4 is 23.2 Å². The van der Waals surface area contributed by atoms with Crippen molar-refractivity contribution in [1.29, 1.82) is 0 Å². The van der Waals surface area contributed by atoms with Crippen LogP contribution in [0, 0.1) is 18.8 Å². The molecule has 0 aromatic carbocycles. The maximum atomic E-state index is 12.5. The third kappa shape index (κ3) is 2.85. The highest BCUT2D eigenvalue weighted by Gasteiger charge is 2.38. The summed E-state index contributed by atoms with van der Waals surface area (Å²) in [6, 6.07) is 0. The van der Waals surface area contributed by atoms with E-state index in [-0.39, 0.29) is 11.8 Å². The van der Waals surface area contributed by atoms with Crippen molar-refractivity contribution in [3.8, 4) is 0 Å². The summed E-state index contributed by atoms with van der Waals surface area (Å²) in [7, 11) is 0. The Hall–Kier alpha value is -1.43. The fourth-order valence-electron chi connectivity index (χ4n) is 2.57. The lowest BCUT2D eigenvalue weighted by molar-refractivity contribution is -0.142. The standard InChI is InChI=1S/C14H20N2O3S/c1-4-5-11-15-9(3)12(20-11)13(17)16-6-8(2)10(7-16)14(18)19/h8,10H,4-7H2,1-3H3,(H,18,19)/t8-,10-/m1/s1. The highest BCUT2D eigenvalue weighted by Crippen LogP contribution is 2.27. The largest absolute Gasteiger partial charge is 0.481 e. The first kappa shape index (κ1) is 15.0. The number of aromatic nitrogens is 1. The van der Waals surface area contributed by atoms with Gasteiger partial charge in [-0.05, 0) is 25.7 Å². The van der Waals surface area contributed by atoms with Gasteiger partial charge in [-0.15, -0.1) is 11.3 Å². The van der Waals surface area contributed by atoms with E-state index in [0.717, 1.165) is 23.5 Å². The number of nitrogens with zero attached hydrogens (tertiary/aromatic N) is 2. The molecule has 0 unspecified atom stereocenters. The Morgan fingerprint density at radius 3 is 2.70 bits per heavy atom.